The highest BCUT2D eigenvalue weighted by Crippen LogP contribution is 2.27. The van der Waals surface area contributed by atoms with E-state index in [1.165, 1.54) is 36.5 Å². The number of anilines is 1. The van der Waals surface area contributed by atoms with Crippen LogP contribution in [0.4, 0.5) is 27.9 Å². The predicted octanol–water partition coefficient (Wildman–Crippen LogP) is 5.43. The van der Waals surface area contributed by atoms with E-state index in [0.717, 1.165) is 6.07 Å². The maximum absolute atomic E-state index is 14.6. The normalized spacial score (nSPS) is 11.5. The molecule has 37 heavy (non-hydrogen) atoms. The number of halogens is 5. The fourth-order valence-corrected chi connectivity index (χ4v) is 2.93. The van der Waals surface area contributed by atoms with E-state index in [-0.39, 0.29) is 28.7 Å². The Hall–Kier alpha value is -3.04. The molecule has 0 saturated heterocycles. The first-order valence-electron chi connectivity index (χ1n) is 11.0. The van der Waals surface area contributed by atoms with Gasteiger partial charge in [0.05, 0.1) is 11.6 Å². The van der Waals surface area contributed by atoms with Crippen LogP contribution in [0.1, 0.15) is 37.8 Å². The van der Waals surface area contributed by atoms with Gasteiger partial charge < -0.3 is 19.8 Å². The van der Waals surface area contributed by atoms with Crippen LogP contribution < -0.4 is 15.4 Å². The lowest BCUT2D eigenvalue weighted by Gasteiger charge is -2.24. The first-order valence-corrected chi connectivity index (χ1v) is 12.1. The third-order valence-corrected chi connectivity index (χ3v) is 4.93. The van der Waals surface area contributed by atoms with Gasteiger partial charge in [0.15, 0.2) is 0 Å². The van der Waals surface area contributed by atoms with Crippen LogP contribution in [0.3, 0.4) is 0 Å². The Morgan fingerprint density at radius 1 is 1.08 bits per heavy atom. The quantitative estimate of drug-likeness (QED) is 0.251. The summed E-state index contributed by atoms with van der Waals surface area (Å²) in [5, 5.41) is 12.5. The Labute approximate surface area is 216 Å². The minimum absolute atomic E-state index is 0.106. The van der Waals surface area contributed by atoms with Gasteiger partial charge in [-0.3, -0.25) is 4.31 Å². The highest BCUT2D eigenvalue weighted by Gasteiger charge is 2.21. The highest BCUT2D eigenvalue weighted by molar-refractivity contribution is 7.96. The maximum Gasteiger partial charge on any atom is 0.387 e. The van der Waals surface area contributed by atoms with Crippen LogP contribution in [-0.2, 0) is 0 Å². The summed E-state index contributed by atoms with van der Waals surface area (Å²) in [6.45, 7) is 1.24. The van der Waals surface area contributed by atoms with Crippen molar-refractivity contribution in [1.29, 1.82) is 0 Å². The molecule has 2 N–H and O–H groups in total. The number of rotatable bonds is 10. The van der Waals surface area contributed by atoms with Gasteiger partial charge >= 0.3 is 13.0 Å². The third kappa shape index (κ3) is 10.5. The fraction of sp³-hybridized carbons (Fsp3) is 0.455. The average molecular weight is 552 g/mol. The number of likely N-dealkylation sites (N-methyl/N-ethyl adjacent to an activating group) is 1. The lowest BCUT2D eigenvalue weighted by molar-refractivity contribution is -0.0500. The lowest BCUT2D eigenvalue weighted by Crippen LogP contribution is -2.25. The van der Waals surface area contributed by atoms with Crippen LogP contribution in [0.2, 0.25) is 0 Å². The van der Waals surface area contributed by atoms with Crippen LogP contribution in [0, 0.1) is 5.82 Å². The molecule has 3 rings (SSSR count). The summed E-state index contributed by atoms with van der Waals surface area (Å²) in [4.78, 5) is 8.17. The molecule has 0 amide bonds. The second kappa shape index (κ2) is 16.7. The molecule has 0 aliphatic rings. The number of hydrogen-bond acceptors (Lipinski definition) is 10. The summed E-state index contributed by atoms with van der Waals surface area (Å²) in [7, 11) is 5.53. The van der Waals surface area contributed by atoms with E-state index >= 15 is 0 Å². The number of alkyl halides is 4. The monoisotopic (exact) mass is 551 g/mol. The van der Waals surface area contributed by atoms with E-state index in [1.54, 1.807) is 7.05 Å². The summed E-state index contributed by atoms with van der Waals surface area (Å²) >= 11 is 1.40. The molecule has 2 heterocycles. The van der Waals surface area contributed by atoms with Crippen molar-refractivity contribution in [3.63, 3.8) is 0 Å². The van der Waals surface area contributed by atoms with E-state index in [4.69, 9.17) is 4.42 Å². The zero-order valence-corrected chi connectivity index (χ0v) is 22.0. The summed E-state index contributed by atoms with van der Waals surface area (Å²) in [6.07, 6.45) is 1.49. The van der Waals surface area contributed by atoms with Crippen molar-refractivity contribution in [2.75, 3.05) is 39.3 Å². The van der Waals surface area contributed by atoms with Gasteiger partial charge in [-0.1, -0.05) is 31.9 Å². The molecule has 0 bridgehead atoms. The summed E-state index contributed by atoms with van der Waals surface area (Å²) in [5.74, 6) is -1.95. The van der Waals surface area contributed by atoms with Gasteiger partial charge in [-0.15, -0.1) is 10.2 Å². The zero-order valence-electron chi connectivity index (χ0n) is 21.2. The van der Waals surface area contributed by atoms with Gasteiger partial charge in [0, 0.05) is 30.6 Å². The number of ether oxygens (including phenoxy) is 1. The Balaban J connectivity index is 0.00000127. The third-order valence-electron chi connectivity index (χ3n) is 4.15. The van der Waals surface area contributed by atoms with E-state index in [2.05, 4.69) is 35.5 Å². The topological polar surface area (TPSA) is 101 Å². The molecule has 0 aliphatic heterocycles. The molecule has 206 valence electrons. The molecule has 1 aromatic carbocycles. The molecule has 0 aliphatic carbocycles. The van der Waals surface area contributed by atoms with Crippen LogP contribution in [0.15, 0.2) is 35.0 Å². The lowest BCUT2D eigenvalue weighted by atomic mass is 10.1. The molecule has 3 aromatic rings. The SMILES string of the molecule is CC.CNC.CSN(C)CC(Nc1ncc(-c2nnc(C(F)F)o2)cn1)c1ccc(OC(F)F)cc1F. The van der Waals surface area contributed by atoms with Gasteiger partial charge in [0.25, 0.3) is 11.8 Å². The maximum atomic E-state index is 14.6. The van der Waals surface area contributed by atoms with Gasteiger partial charge in [-0.05, 0) is 33.5 Å². The van der Waals surface area contributed by atoms with Crippen LogP contribution in [-0.4, -0.2) is 65.0 Å². The molecular weight excluding hydrogens is 521 g/mol. The number of nitrogens with zero attached hydrogens (tertiary/aromatic N) is 5. The minimum atomic E-state index is -3.07. The predicted molar refractivity (Wildman–Crippen MR) is 132 cm³/mol. The van der Waals surface area contributed by atoms with Crippen molar-refractivity contribution in [3.8, 4) is 17.2 Å². The molecule has 0 fully saturated rings. The van der Waals surface area contributed by atoms with E-state index in [0.29, 0.717) is 6.54 Å². The second-order valence-corrected chi connectivity index (χ2v) is 7.78. The largest absolute Gasteiger partial charge is 0.435 e. The zero-order chi connectivity index (χ0) is 28.0. The minimum Gasteiger partial charge on any atom is -0.435 e. The van der Waals surface area contributed by atoms with Gasteiger partial charge in [-0.25, -0.2) is 14.4 Å². The molecule has 0 saturated carbocycles. The molecule has 0 radical (unpaired) electrons. The van der Waals surface area contributed by atoms with E-state index < -0.39 is 30.8 Å². The van der Waals surface area contributed by atoms with Crippen molar-refractivity contribution in [1.82, 2.24) is 29.8 Å². The summed E-state index contributed by atoms with van der Waals surface area (Å²) in [6, 6.07) is 2.78. The average Bonchev–Trinajstić information content (AvgIpc) is 3.36. The van der Waals surface area contributed by atoms with Crippen LogP contribution >= 0.6 is 11.9 Å². The second-order valence-electron chi connectivity index (χ2n) is 6.79. The van der Waals surface area contributed by atoms with Crippen molar-refractivity contribution < 1.29 is 31.1 Å². The molecule has 1 unspecified atom stereocenters. The molecule has 1 atom stereocenters. The van der Waals surface area contributed by atoms with Crippen LogP contribution in [0.25, 0.3) is 11.5 Å². The van der Waals surface area contributed by atoms with Gasteiger partial charge in [0.1, 0.15) is 11.6 Å². The van der Waals surface area contributed by atoms with Crippen molar-refractivity contribution in [2.45, 2.75) is 32.9 Å². The van der Waals surface area contributed by atoms with Crippen molar-refractivity contribution in [2.24, 2.45) is 0 Å². The first-order chi connectivity index (χ1) is 17.7. The van der Waals surface area contributed by atoms with Crippen molar-refractivity contribution >= 4 is 17.9 Å². The smallest absolute Gasteiger partial charge is 0.387 e. The number of nitrogens with one attached hydrogen (secondary N) is 2. The summed E-state index contributed by atoms with van der Waals surface area (Å²) in [5.41, 5.74) is 0.395. The Kier molecular flexibility index (Phi) is 14.4. The fourth-order valence-electron chi connectivity index (χ4n) is 2.63. The van der Waals surface area contributed by atoms with Crippen molar-refractivity contribution in [3.05, 3.63) is 47.9 Å². The molecule has 0 spiro atoms. The molecular formula is C22H30F5N7O2S. The highest BCUT2D eigenvalue weighted by atomic mass is 32.2. The Morgan fingerprint density at radius 2 is 1.70 bits per heavy atom. The Bertz CT molecular complexity index is 1040. The number of hydrogen-bond donors (Lipinski definition) is 2. The molecule has 2 aromatic heterocycles. The number of benzene rings is 1. The van der Waals surface area contributed by atoms with E-state index in [1.807, 2.05) is 38.5 Å². The first kappa shape index (κ1) is 32.0. The van der Waals surface area contributed by atoms with Gasteiger partial charge in [0.2, 0.25) is 5.95 Å². The van der Waals surface area contributed by atoms with Gasteiger partial charge in [-0.2, -0.15) is 17.6 Å². The standard InChI is InChI=1S/C18H17F5N6O2S.C2H7N.C2H6/c1-29(32-2)8-13(11-4-3-10(5-12(11)19)30-17(22)23)26-18-24-6-9(7-25-18)15-27-28-16(31-15)14(20)21;1-3-2;1-2/h3-7,13-14,17H,8H2,1-2H3,(H,24,25,26);3H,1-2H3;1-2H3. The molecule has 15 heteroatoms. The number of aromatic nitrogens is 4. The van der Waals surface area contributed by atoms with Crippen LogP contribution in [0.5, 0.6) is 5.75 Å². The summed E-state index contributed by atoms with van der Waals surface area (Å²) < 4.78 is 75.5. The molecule has 9 nitrogen and oxygen atoms in total. The van der Waals surface area contributed by atoms with E-state index in [9.17, 15) is 22.0 Å². The Morgan fingerprint density at radius 3 is 2.19 bits per heavy atom.